The second kappa shape index (κ2) is 7.38. The van der Waals surface area contributed by atoms with Gasteiger partial charge < -0.3 is 14.4 Å². The van der Waals surface area contributed by atoms with E-state index in [4.69, 9.17) is 9.47 Å². The minimum atomic E-state index is 0.00981. The molecule has 106 valence electrons. The van der Waals surface area contributed by atoms with Gasteiger partial charge in [-0.15, -0.1) is 11.3 Å². The molecule has 0 radical (unpaired) electrons. The Morgan fingerprint density at radius 1 is 1.68 bits per heavy atom. The van der Waals surface area contributed by atoms with Crippen molar-refractivity contribution < 1.29 is 14.3 Å². The summed E-state index contributed by atoms with van der Waals surface area (Å²) in [6.07, 6.45) is 0.827. The zero-order chi connectivity index (χ0) is 13.7. The van der Waals surface area contributed by atoms with E-state index >= 15 is 0 Å². The standard InChI is InChI=1S/C13H18BrNO3S/c1-17-6-4-15(8-12-11(14)3-7-19-12)13(16)10-2-5-18-9-10/h3,7,10H,2,4-6,8-9H2,1H3. The van der Waals surface area contributed by atoms with Crippen LogP contribution in [0.4, 0.5) is 0 Å². The minimum Gasteiger partial charge on any atom is -0.383 e. The molecule has 1 amide bonds. The maximum absolute atomic E-state index is 12.5. The van der Waals surface area contributed by atoms with Crippen molar-refractivity contribution in [3.63, 3.8) is 0 Å². The predicted molar refractivity (Wildman–Crippen MR) is 78.2 cm³/mol. The summed E-state index contributed by atoms with van der Waals surface area (Å²) in [7, 11) is 1.66. The molecule has 0 aromatic carbocycles. The van der Waals surface area contributed by atoms with Crippen LogP contribution in [0.25, 0.3) is 0 Å². The largest absolute Gasteiger partial charge is 0.383 e. The van der Waals surface area contributed by atoms with Gasteiger partial charge in [0.1, 0.15) is 0 Å². The Labute approximate surface area is 125 Å². The van der Waals surface area contributed by atoms with Crippen molar-refractivity contribution in [2.45, 2.75) is 13.0 Å². The molecule has 4 nitrogen and oxygen atoms in total. The summed E-state index contributed by atoms with van der Waals surface area (Å²) in [5.41, 5.74) is 0. The van der Waals surface area contributed by atoms with Gasteiger partial charge >= 0.3 is 0 Å². The van der Waals surface area contributed by atoms with Gasteiger partial charge in [-0.2, -0.15) is 0 Å². The predicted octanol–water partition coefficient (Wildman–Crippen LogP) is 2.52. The van der Waals surface area contributed by atoms with E-state index in [9.17, 15) is 4.79 Å². The third kappa shape index (κ3) is 4.02. The van der Waals surface area contributed by atoms with E-state index < -0.39 is 0 Å². The summed E-state index contributed by atoms with van der Waals surface area (Å²) in [5.74, 6) is 0.186. The molecule has 1 unspecified atom stereocenters. The van der Waals surface area contributed by atoms with Crippen molar-refractivity contribution in [3.05, 3.63) is 20.8 Å². The van der Waals surface area contributed by atoms with Crippen molar-refractivity contribution >= 4 is 33.2 Å². The van der Waals surface area contributed by atoms with Crippen LogP contribution >= 0.6 is 27.3 Å². The Hall–Kier alpha value is -0.430. The fourth-order valence-corrected chi connectivity index (χ4v) is 3.56. The summed E-state index contributed by atoms with van der Waals surface area (Å²) in [5, 5.41) is 2.02. The number of methoxy groups -OCH3 is 1. The molecule has 1 atom stereocenters. The van der Waals surface area contributed by atoms with Crippen LogP contribution < -0.4 is 0 Å². The Morgan fingerprint density at radius 2 is 2.53 bits per heavy atom. The molecule has 1 fully saturated rings. The fourth-order valence-electron chi connectivity index (χ4n) is 2.07. The van der Waals surface area contributed by atoms with E-state index in [0.29, 0.717) is 32.9 Å². The Morgan fingerprint density at radius 3 is 3.11 bits per heavy atom. The Kier molecular flexibility index (Phi) is 5.81. The third-order valence-corrected chi connectivity index (χ3v) is 5.09. The van der Waals surface area contributed by atoms with Gasteiger partial charge in [-0.3, -0.25) is 4.79 Å². The molecule has 1 aliphatic rings. The average Bonchev–Trinajstić information content (AvgIpc) is 3.05. The van der Waals surface area contributed by atoms with Gasteiger partial charge in [0.05, 0.1) is 25.7 Å². The second-order valence-corrected chi connectivity index (χ2v) is 6.36. The zero-order valence-electron chi connectivity index (χ0n) is 10.9. The fraction of sp³-hybridized carbons (Fsp3) is 0.615. The molecule has 19 heavy (non-hydrogen) atoms. The van der Waals surface area contributed by atoms with Crippen LogP contribution in [0.1, 0.15) is 11.3 Å². The van der Waals surface area contributed by atoms with Gasteiger partial charge in [-0.05, 0) is 33.8 Å². The first-order chi connectivity index (χ1) is 9.22. The zero-order valence-corrected chi connectivity index (χ0v) is 13.3. The van der Waals surface area contributed by atoms with E-state index in [0.717, 1.165) is 10.9 Å². The summed E-state index contributed by atoms with van der Waals surface area (Å²) in [6, 6.07) is 2.01. The number of hydrogen-bond donors (Lipinski definition) is 0. The lowest BCUT2D eigenvalue weighted by molar-refractivity contribution is -0.136. The van der Waals surface area contributed by atoms with Crippen LogP contribution in [-0.2, 0) is 20.8 Å². The molecule has 0 spiro atoms. The van der Waals surface area contributed by atoms with E-state index in [1.165, 1.54) is 4.88 Å². The highest BCUT2D eigenvalue weighted by Gasteiger charge is 2.28. The van der Waals surface area contributed by atoms with Crippen LogP contribution in [0.3, 0.4) is 0 Å². The smallest absolute Gasteiger partial charge is 0.228 e. The molecule has 1 aliphatic heterocycles. The van der Waals surface area contributed by atoms with E-state index in [1.54, 1.807) is 18.4 Å². The van der Waals surface area contributed by atoms with E-state index in [2.05, 4.69) is 15.9 Å². The first-order valence-corrected chi connectivity index (χ1v) is 7.97. The number of carbonyl (C=O) groups is 1. The molecule has 0 aliphatic carbocycles. The van der Waals surface area contributed by atoms with Gasteiger partial charge in [0.2, 0.25) is 5.91 Å². The number of carbonyl (C=O) groups excluding carboxylic acids is 1. The quantitative estimate of drug-likeness (QED) is 0.793. The van der Waals surface area contributed by atoms with Gasteiger partial charge in [0.25, 0.3) is 0 Å². The number of thiophene rings is 1. The maximum atomic E-state index is 12.5. The van der Waals surface area contributed by atoms with E-state index in [1.807, 2.05) is 16.3 Å². The lowest BCUT2D eigenvalue weighted by Gasteiger charge is -2.24. The molecule has 1 aromatic heterocycles. The molecule has 2 heterocycles. The van der Waals surface area contributed by atoms with Gasteiger partial charge in [0, 0.05) is 29.6 Å². The lowest BCUT2D eigenvalue weighted by Crippen LogP contribution is -2.38. The van der Waals surface area contributed by atoms with Crippen molar-refractivity contribution in [1.29, 1.82) is 0 Å². The van der Waals surface area contributed by atoms with Gasteiger partial charge in [-0.1, -0.05) is 0 Å². The summed E-state index contributed by atoms with van der Waals surface area (Å²) < 4.78 is 11.5. The summed E-state index contributed by atoms with van der Waals surface area (Å²) >= 11 is 5.17. The van der Waals surface area contributed by atoms with E-state index in [-0.39, 0.29) is 11.8 Å². The number of nitrogens with zero attached hydrogens (tertiary/aromatic N) is 1. The average molecular weight is 348 g/mol. The van der Waals surface area contributed by atoms with Crippen LogP contribution in [0, 0.1) is 5.92 Å². The number of hydrogen-bond acceptors (Lipinski definition) is 4. The molecular formula is C13H18BrNO3S. The van der Waals surface area contributed by atoms with Crippen molar-refractivity contribution in [2.75, 3.05) is 33.5 Å². The van der Waals surface area contributed by atoms with Crippen LogP contribution in [0.2, 0.25) is 0 Å². The molecule has 0 bridgehead atoms. The highest BCUT2D eigenvalue weighted by Crippen LogP contribution is 2.25. The lowest BCUT2D eigenvalue weighted by atomic mass is 10.1. The van der Waals surface area contributed by atoms with Crippen LogP contribution in [0.15, 0.2) is 15.9 Å². The van der Waals surface area contributed by atoms with Crippen LogP contribution in [0.5, 0.6) is 0 Å². The van der Waals surface area contributed by atoms with Crippen molar-refractivity contribution in [2.24, 2.45) is 5.92 Å². The second-order valence-electron chi connectivity index (χ2n) is 4.50. The SMILES string of the molecule is COCCN(Cc1sccc1Br)C(=O)C1CCOC1. The first kappa shape index (κ1) is 15.0. The number of halogens is 1. The van der Waals surface area contributed by atoms with Crippen molar-refractivity contribution in [3.8, 4) is 0 Å². The topological polar surface area (TPSA) is 38.8 Å². The highest BCUT2D eigenvalue weighted by atomic mass is 79.9. The van der Waals surface area contributed by atoms with Crippen LogP contribution in [-0.4, -0.2) is 44.3 Å². The molecule has 0 N–H and O–H groups in total. The number of rotatable bonds is 6. The van der Waals surface area contributed by atoms with Gasteiger partial charge in [0.15, 0.2) is 0 Å². The van der Waals surface area contributed by atoms with Crippen molar-refractivity contribution in [1.82, 2.24) is 4.90 Å². The number of ether oxygens (including phenoxy) is 2. The molecule has 1 aromatic rings. The monoisotopic (exact) mass is 347 g/mol. The molecular weight excluding hydrogens is 330 g/mol. The maximum Gasteiger partial charge on any atom is 0.228 e. The molecule has 6 heteroatoms. The third-order valence-electron chi connectivity index (χ3n) is 3.18. The Bertz CT molecular complexity index is 418. The van der Waals surface area contributed by atoms with Gasteiger partial charge in [-0.25, -0.2) is 0 Å². The molecule has 0 saturated carbocycles. The number of amides is 1. The molecule has 1 saturated heterocycles. The summed E-state index contributed by atoms with van der Waals surface area (Å²) in [6.45, 7) is 3.06. The highest BCUT2D eigenvalue weighted by molar-refractivity contribution is 9.10. The minimum absolute atomic E-state index is 0.00981. The first-order valence-electron chi connectivity index (χ1n) is 6.29. The summed E-state index contributed by atoms with van der Waals surface area (Å²) in [4.78, 5) is 15.5. The Balaban J connectivity index is 2.02. The molecule has 2 rings (SSSR count). The normalized spacial score (nSPS) is 18.7.